The molecule has 3 aliphatic heterocycles. The van der Waals surface area contributed by atoms with Gasteiger partial charge in [0.1, 0.15) is 18.0 Å². The van der Waals surface area contributed by atoms with Crippen LogP contribution in [0.4, 0.5) is 9.18 Å². The molecule has 1 aromatic heterocycles. The minimum absolute atomic E-state index is 0.0101. The summed E-state index contributed by atoms with van der Waals surface area (Å²) in [4.78, 5) is 60.7. The first-order valence-electron chi connectivity index (χ1n) is 18.8. The van der Waals surface area contributed by atoms with Crippen molar-refractivity contribution in [2.45, 2.75) is 45.6 Å². The molecule has 53 heavy (non-hydrogen) atoms. The molecule has 0 aliphatic carbocycles. The summed E-state index contributed by atoms with van der Waals surface area (Å²) in [5, 5.41) is 7.95. The third-order valence-electron chi connectivity index (χ3n) is 10.4. The van der Waals surface area contributed by atoms with Crippen LogP contribution in [-0.4, -0.2) is 150 Å². The lowest BCUT2D eigenvalue weighted by molar-refractivity contribution is -0.137. The van der Waals surface area contributed by atoms with Gasteiger partial charge in [-0.1, -0.05) is 24.3 Å². The van der Waals surface area contributed by atoms with E-state index in [0.717, 1.165) is 52.1 Å². The second-order valence-electron chi connectivity index (χ2n) is 15.3. The van der Waals surface area contributed by atoms with Gasteiger partial charge in [-0.25, -0.2) is 14.3 Å². The molecule has 13 nitrogen and oxygen atoms in total. The predicted molar refractivity (Wildman–Crippen MR) is 198 cm³/mol. The Hall–Kier alpha value is -4.40. The minimum atomic E-state index is -0.607. The number of benzene rings is 2. The number of nitrogens with zero attached hydrogens (tertiary/aromatic N) is 6. The highest BCUT2D eigenvalue weighted by molar-refractivity contribution is 5.95. The monoisotopic (exact) mass is 733 g/mol. The minimum Gasteiger partial charge on any atom is -0.444 e. The molecule has 0 saturated carbocycles. The van der Waals surface area contributed by atoms with Crippen molar-refractivity contribution in [2.75, 3.05) is 91.8 Å². The highest BCUT2D eigenvalue weighted by Gasteiger charge is 2.29. The molecule has 3 aliphatic rings. The lowest BCUT2D eigenvalue weighted by atomic mass is 9.96. The van der Waals surface area contributed by atoms with E-state index in [4.69, 9.17) is 9.47 Å². The van der Waals surface area contributed by atoms with Gasteiger partial charge >= 0.3 is 6.09 Å². The number of hydrogen-bond donors (Lipinski definition) is 1. The van der Waals surface area contributed by atoms with E-state index in [9.17, 15) is 23.6 Å². The van der Waals surface area contributed by atoms with E-state index < -0.39 is 17.3 Å². The molecular weight excluding hydrogens is 681 g/mol. The van der Waals surface area contributed by atoms with E-state index in [2.05, 4.69) is 20.0 Å². The van der Waals surface area contributed by atoms with Crippen molar-refractivity contribution in [1.82, 2.24) is 34.7 Å². The van der Waals surface area contributed by atoms with Gasteiger partial charge in [0, 0.05) is 77.3 Å². The van der Waals surface area contributed by atoms with Crippen molar-refractivity contribution in [2.24, 2.45) is 5.92 Å². The average Bonchev–Trinajstić information content (AvgIpc) is 3.15. The summed E-state index contributed by atoms with van der Waals surface area (Å²) in [5.74, 6) is -0.509. The van der Waals surface area contributed by atoms with Crippen LogP contribution in [0.5, 0.6) is 0 Å². The number of hydrogen-bond acceptors (Lipinski definition) is 9. The van der Waals surface area contributed by atoms with Crippen molar-refractivity contribution in [1.29, 1.82) is 0 Å². The van der Waals surface area contributed by atoms with Crippen molar-refractivity contribution in [3.05, 3.63) is 75.5 Å². The van der Waals surface area contributed by atoms with Gasteiger partial charge in [-0.15, -0.1) is 0 Å². The molecule has 3 saturated heterocycles. The first kappa shape index (κ1) is 38.3. The Labute approximate surface area is 310 Å². The topological polar surface area (TPSA) is 132 Å². The second kappa shape index (κ2) is 17.2. The number of fused-ring (bicyclic) bond motifs is 1. The molecule has 14 heteroatoms. The number of rotatable bonds is 10. The molecule has 2 aromatic carbocycles. The Bertz CT molecular complexity index is 1810. The quantitative estimate of drug-likeness (QED) is 0.312. The molecule has 3 amide bonds. The summed E-state index contributed by atoms with van der Waals surface area (Å²) in [6.07, 6.45) is 2.32. The fourth-order valence-electron chi connectivity index (χ4n) is 7.32. The summed E-state index contributed by atoms with van der Waals surface area (Å²) >= 11 is 0. The van der Waals surface area contributed by atoms with E-state index in [-0.39, 0.29) is 29.7 Å². The van der Waals surface area contributed by atoms with Crippen LogP contribution >= 0.6 is 0 Å². The number of aromatic nitrogens is 2. The Kier molecular flexibility index (Phi) is 12.4. The maximum absolute atomic E-state index is 14.9. The number of aromatic amines is 1. The molecule has 6 rings (SSSR count). The fraction of sp³-hybridized carbons (Fsp3) is 0.564. The molecule has 1 N–H and O–H groups in total. The largest absolute Gasteiger partial charge is 0.444 e. The van der Waals surface area contributed by atoms with Crippen LogP contribution in [0, 0.1) is 11.7 Å². The fourth-order valence-corrected chi connectivity index (χ4v) is 7.32. The van der Waals surface area contributed by atoms with Gasteiger partial charge in [0.15, 0.2) is 0 Å². The number of halogens is 1. The molecule has 0 radical (unpaired) electrons. The lowest BCUT2D eigenvalue weighted by Gasteiger charge is -2.39. The van der Waals surface area contributed by atoms with E-state index in [1.807, 2.05) is 32.9 Å². The Morgan fingerprint density at radius 2 is 1.51 bits per heavy atom. The highest BCUT2D eigenvalue weighted by atomic mass is 19.1. The lowest BCUT2D eigenvalue weighted by Crippen LogP contribution is -2.51. The number of likely N-dealkylation sites (tertiary alicyclic amines) is 1. The highest BCUT2D eigenvalue weighted by Crippen LogP contribution is 2.22. The summed E-state index contributed by atoms with van der Waals surface area (Å²) in [6.45, 7) is 14.4. The molecule has 4 heterocycles. The van der Waals surface area contributed by atoms with E-state index in [1.54, 1.807) is 39.0 Å². The molecule has 0 atom stereocenters. The van der Waals surface area contributed by atoms with Gasteiger partial charge in [-0.2, -0.15) is 5.10 Å². The van der Waals surface area contributed by atoms with Gasteiger partial charge < -0.3 is 29.1 Å². The zero-order valence-electron chi connectivity index (χ0n) is 31.2. The third kappa shape index (κ3) is 10.2. The zero-order valence-corrected chi connectivity index (χ0v) is 31.2. The summed E-state index contributed by atoms with van der Waals surface area (Å²) in [5.41, 5.74) is 0.539. The molecule has 286 valence electrons. The van der Waals surface area contributed by atoms with Crippen LogP contribution < -0.4 is 5.56 Å². The number of carbonyl (C=O) groups excluding carboxylic acids is 3. The van der Waals surface area contributed by atoms with E-state index in [0.29, 0.717) is 80.2 Å². The standard InChI is InChI=1S/C39H52FN7O6/c1-39(2,3)53-38(51)47-16-14-44(15-17-47)26-28-10-12-43(13-11-28)22-23-52-27-35(48)45-18-20-46(21-19-45)37(50)32-24-29(8-9-33(32)40)25-34-30-6-4-5-7-31(30)36(49)42-41-34/h4-9,24,28H,10-23,25-27H2,1-3H3,(H,42,49). The van der Waals surface area contributed by atoms with Gasteiger partial charge in [0.2, 0.25) is 5.91 Å². The van der Waals surface area contributed by atoms with Crippen LogP contribution in [0.3, 0.4) is 0 Å². The van der Waals surface area contributed by atoms with E-state index in [1.165, 1.54) is 6.07 Å². The molecule has 3 fully saturated rings. The van der Waals surface area contributed by atoms with Gasteiger partial charge in [0.25, 0.3) is 11.5 Å². The molecule has 3 aromatic rings. The van der Waals surface area contributed by atoms with Crippen LogP contribution in [0.1, 0.15) is 55.2 Å². The van der Waals surface area contributed by atoms with Crippen LogP contribution in [0.25, 0.3) is 10.8 Å². The zero-order chi connectivity index (χ0) is 37.5. The van der Waals surface area contributed by atoms with Crippen molar-refractivity contribution in [3.8, 4) is 0 Å². The number of amides is 3. The average molecular weight is 734 g/mol. The van der Waals surface area contributed by atoms with Crippen LogP contribution in [-0.2, 0) is 20.7 Å². The number of H-pyrrole nitrogens is 1. The molecule has 0 unspecified atom stereocenters. The smallest absolute Gasteiger partial charge is 0.410 e. The first-order chi connectivity index (χ1) is 25.4. The Morgan fingerprint density at radius 1 is 0.849 bits per heavy atom. The van der Waals surface area contributed by atoms with Gasteiger partial charge in [-0.05, 0) is 76.4 Å². The number of piperazine rings is 2. The first-order valence-corrected chi connectivity index (χ1v) is 18.8. The number of piperidine rings is 1. The predicted octanol–water partition coefficient (Wildman–Crippen LogP) is 3.22. The van der Waals surface area contributed by atoms with Crippen LogP contribution in [0.15, 0.2) is 47.3 Å². The van der Waals surface area contributed by atoms with Crippen LogP contribution in [0.2, 0.25) is 0 Å². The van der Waals surface area contributed by atoms with Crippen molar-refractivity contribution in [3.63, 3.8) is 0 Å². The number of carbonyl (C=O) groups is 3. The van der Waals surface area contributed by atoms with E-state index >= 15 is 0 Å². The Morgan fingerprint density at radius 3 is 2.21 bits per heavy atom. The summed E-state index contributed by atoms with van der Waals surface area (Å²) in [6, 6.07) is 11.6. The molecule has 0 spiro atoms. The SMILES string of the molecule is CC(C)(C)OC(=O)N1CCN(CC2CCN(CCOCC(=O)N3CCN(C(=O)c4cc(Cc5n[nH]c(=O)c6ccccc56)ccc4F)CC3)CC2)CC1. The molecule has 0 bridgehead atoms. The Balaban J connectivity index is 0.870. The van der Waals surface area contributed by atoms with Crippen molar-refractivity contribution < 1.29 is 28.2 Å². The summed E-state index contributed by atoms with van der Waals surface area (Å²) < 4.78 is 26.2. The maximum atomic E-state index is 14.9. The normalized spacial score (nSPS) is 18.1. The number of nitrogens with one attached hydrogen (secondary N) is 1. The van der Waals surface area contributed by atoms with Gasteiger partial charge in [0.05, 0.1) is 23.3 Å². The third-order valence-corrected chi connectivity index (χ3v) is 10.4. The number of ether oxygens (including phenoxy) is 2. The second-order valence-corrected chi connectivity index (χ2v) is 15.3. The summed E-state index contributed by atoms with van der Waals surface area (Å²) in [7, 11) is 0. The van der Waals surface area contributed by atoms with Gasteiger partial charge in [-0.3, -0.25) is 19.3 Å². The maximum Gasteiger partial charge on any atom is 0.410 e. The van der Waals surface area contributed by atoms with Crippen molar-refractivity contribution >= 4 is 28.7 Å². The molecular formula is C39H52FN7O6.